The van der Waals surface area contributed by atoms with Gasteiger partial charge >= 0.3 is 5.97 Å². The van der Waals surface area contributed by atoms with Crippen LogP contribution in [0.1, 0.15) is 10.4 Å². The summed E-state index contributed by atoms with van der Waals surface area (Å²) in [6.45, 7) is 0. The van der Waals surface area contributed by atoms with Gasteiger partial charge in [0, 0.05) is 6.20 Å². The second-order valence-electron chi connectivity index (χ2n) is 2.57. The van der Waals surface area contributed by atoms with E-state index in [4.69, 9.17) is 5.11 Å². The lowest BCUT2D eigenvalue weighted by molar-refractivity contribution is 0.0695. The van der Waals surface area contributed by atoms with Crippen molar-refractivity contribution < 1.29 is 14.4 Å². The van der Waals surface area contributed by atoms with Gasteiger partial charge in [-0.1, -0.05) is 0 Å². The molecule has 0 fully saturated rings. The molecule has 0 radical (unpaired) electrons. The van der Waals surface area contributed by atoms with E-state index < -0.39 is 22.5 Å². The van der Waals surface area contributed by atoms with Crippen molar-refractivity contribution in [3.63, 3.8) is 0 Å². The molecule has 0 amide bonds. The molecule has 3 N–H and O–H groups in total. The Labute approximate surface area is 74.9 Å². The van der Waals surface area contributed by atoms with Gasteiger partial charge in [0.1, 0.15) is 5.56 Å². The van der Waals surface area contributed by atoms with Crippen molar-refractivity contribution in [1.82, 2.24) is 10.1 Å². The summed E-state index contributed by atoms with van der Waals surface area (Å²) in [5.74, 6) is -1.39. The van der Waals surface area contributed by atoms with Crippen LogP contribution in [-0.4, -0.2) is 21.2 Å². The number of hydrogen-bond donors (Lipinski definition) is 3. The first-order valence-corrected chi connectivity index (χ1v) is 3.57. The van der Waals surface area contributed by atoms with Crippen LogP contribution in [0.3, 0.4) is 0 Å². The lowest BCUT2D eigenvalue weighted by Crippen LogP contribution is -2.19. The Balaban J connectivity index is 3.01. The van der Waals surface area contributed by atoms with E-state index in [0.717, 1.165) is 6.20 Å². The normalized spacial score (nSPS) is 10.6. The number of fused-ring (bicyclic) bond motifs is 1. The second-order valence-corrected chi connectivity index (χ2v) is 2.57. The third-order valence-corrected chi connectivity index (χ3v) is 1.75. The van der Waals surface area contributed by atoms with E-state index in [1.54, 1.807) is 0 Å². The molecule has 0 aliphatic rings. The Hall–Kier alpha value is -2.31. The molecule has 7 nitrogen and oxygen atoms in total. The number of aromatic carboxylic acids is 1. The molecule has 2 heterocycles. The van der Waals surface area contributed by atoms with Crippen molar-refractivity contribution in [1.29, 1.82) is 0 Å². The fourth-order valence-electron chi connectivity index (χ4n) is 1.11. The second kappa shape index (κ2) is 2.59. The highest BCUT2D eigenvalue weighted by molar-refractivity contribution is 5.90. The van der Waals surface area contributed by atoms with Crippen LogP contribution < -0.4 is 11.0 Å². The number of carboxylic acid groups (broad SMARTS) is 1. The minimum Gasteiger partial charge on any atom is -0.477 e. The maximum absolute atomic E-state index is 11.4. The zero-order valence-electron chi connectivity index (χ0n) is 6.66. The molecule has 0 saturated carbocycles. The lowest BCUT2D eigenvalue weighted by Gasteiger charge is -1.90. The summed E-state index contributed by atoms with van der Waals surface area (Å²) in [5.41, 5.74) is -2.17. The van der Waals surface area contributed by atoms with Crippen molar-refractivity contribution in [2.24, 2.45) is 0 Å². The van der Waals surface area contributed by atoms with Crippen molar-refractivity contribution in [3.8, 4) is 0 Å². The van der Waals surface area contributed by atoms with E-state index in [1.807, 2.05) is 5.16 Å². The summed E-state index contributed by atoms with van der Waals surface area (Å²) in [4.78, 5) is 35.3. The van der Waals surface area contributed by atoms with Gasteiger partial charge in [0.05, 0.1) is 0 Å². The van der Waals surface area contributed by atoms with Crippen molar-refractivity contribution in [3.05, 3.63) is 32.3 Å². The number of carbonyl (C=O) groups is 1. The van der Waals surface area contributed by atoms with Gasteiger partial charge in [0.2, 0.25) is 11.1 Å². The minimum absolute atomic E-state index is 0.0648. The van der Waals surface area contributed by atoms with Crippen LogP contribution in [0.2, 0.25) is 0 Å². The predicted octanol–water partition coefficient (Wildman–Crippen LogP) is -0.492. The monoisotopic (exact) mass is 196 g/mol. The van der Waals surface area contributed by atoms with Crippen LogP contribution in [0.25, 0.3) is 11.1 Å². The SMILES string of the molecule is O=C(O)c1c[nH]c2o[nH]c(=O)c2c1=O. The smallest absolute Gasteiger partial charge is 0.341 e. The Morgan fingerprint density at radius 2 is 2.14 bits per heavy atom. The zero-order valence-corrected chi connectivity index (χ0v) is 6.66. The highest BCUT2D eigenvalue weighted by atomic mass is 16.5. The van der Waals surface area contributed by atoms with Gasteiger partial charge in [0.25, 0.3) is 5.56 Å². The van der Waals surface area contributed by atoms with Gasteiger partial charge in [0.15, 0.2) is 5.39 Å². The average molecular weight is 196 g/mol. The van der Waals surface area contributed by atoms with Crippen molar-refractivity contribution >= 4 is 17.1 Å². The number of aromatic nitrogens is 2. The van der Waals surface area contributed by atoms with Gasteiger partial charge in [-0.15, -0.1) is 0 Å². The number of rotatable bonds is 1. The molecule has 0 aliphatic heterocycles. The number of nitrogens with one attached hydrogen (secondary N) is 2. The summed E-state index contributed by atoms with van der Waals surface area (Å²) in [6.07, 6.45) is 0.976. The van der Waals surface area contributed by atoms with E-state index in [2.05, 4.69) is 9.51 Å². The van der Waals surface area contributed by atoms with Crippen LogP contribution in [-0.2, 0) is 0 Å². The maximum Gasteiger partial charge on any atom is 0.341 e. The Morgan fingerprint density at radius 1 is 1.43 bits per heavy atom. The van der Waals surface area contributed by atoms with Gasteiger partial charge < -0.3 is 14.6 Å². The molecule has 2 rings (SSSR count). The standard InChI is InChI=1S/C7H4N2O5/c10-4-2(7(12)13)1-8-6-3(4)5(11)9-14-6/h1H,(H,8,10)(H,9,11)(H,12,13). The average Bonchev–Trinajstić information content (AvgIpc) is 2.48. The molecule has 0 saturated heterocycles. The predicted molar refractivity (Wildman–Crippen MR) is 44.4 cm³/mol. The highest BCUT2D eigenvalue weighted by Gasteiger charge is 2.15. The number of pyridine rings is 1. The van der Waals surface area contributed by atoms with E-state index in [1.165, 1.54) is 0 Å². The molecular formula is C7H4N2O5. The maximum atomic E-state index is 11.4. The largest absolute Gasteiger partial charge is 0.477 e. The molecule has 0 aromatic carbocycles. The van der Waals surface area contributed by atoms with Gasteiger partial charge in [-0.3, -0.25) is 9.59 Å². The van der Waals surface area contributed by atoms with Gasteiger partial charge in [-0.25, -0.2) is 4.79 Å². The first-order valence-electron chi connectivity index (χ1n) is 3.57. The summed E-state index contributed by atoms with van der Waals surface area (Å²) in [5, 5.41) is 10.2. The van der Waals surface area contributed by atoms with Crippen LogP contribution in [0.5, 0.6) is 0 Å². The van der Waals surface area contributed by atoms with Crippen LogP contribution in [0.4, 0.5) is 0 Å². The fourth-order valence-corrected chi connectivity index (χ4v) is 1.11. The van der Waals surface area contributed by atoms with E-state index in [-0.39, 0.29) is 11.1 Å². The zero-order chi connectivity index (χ0) is 10.3. The van der Waals surface area contributed by atoms with E-state index in [9.17, 15) is 14.4 Å². The molecule has 2 aromatic rings. The summed E-state index contributed by atoms with van der Waals surface area (Å²) in [7, 11) is 0. The first kappa shape index (κ1) is 8.30. The number of aromatic amines is 2. The molecule has 0 spiro atoms. The topological polar surface area (TPSA) is 116 Å². The number of hydrogen-bond acceptors (Lipinski definition) is 4. The third-order valence-electron chi connectivity index (χ3n) is 1.75. The van der Waals surface area contributed by atoms with Crippen LogP contribution >= 0.6 is 0 Å². The highest BCUT2D eigenvalue weighted by Crippen LogP contribution is 2.01. The van der Waals surface area contributed by atoms with Crippen LogP contribution in [0, 0.1) is 0 Å². The Bertz CT molecular complexity index is 617. The number of carboxylic acids is 1. The summed E-state index contributed by atoms with van der Waals surface area (Å²) < 4.78 is 4.58. The summed E-state index contributed by atoms with van der Waals surface area (Å²) in [6, 6.07) is 0. The number of H-pyrrole nitrogens is 2. The molecule has 7 heteroatoms. The molecule has 2 aromatic heterocycles. The molecular weight excluding hydrogens is 192 g/mol. The summed E-state index contributed by atoms with van der Waals surface area (Å²) >= 11 is 0. The Kier molecular flexibility index (Phi) is 1.53. The molecule has 0 atom stereocenters. The quantitative estimate of drug-likeness (QED) is 0.568. The van der Waals surface area contributed by atoms with E-state index in [0.29, 0.717) is 0 Å². The third kappa shape index (κ3) is 0.954. The molecule has 0 unspecified atom stereocenters. The van der Waals surface area contributed by atoms with E-state index >= 15 is 0 Å². The minimum atomic E-state index is -1.39. The van der Waals surface area contributed by atoms with Gasteiger partial charge in [-0.2, -0.15) is 5.16 Å². The van der Waals surface area contributed by atoms with Crippen molar-refractivity contribution in [2.45, 2.75) is 0 Å². The molecule has 0 aliphatic carbocycles. The fraction of sp³-hybridized carbons (Fsp3) is 0. The van der Waals surface area contributed by atoms with Crippen molar-refractivity contribution in [2.75, 3.05) is 0 Å². The molecule has 72 valence electrons. The first-order chi connectivity index (χ1) is 6.61. The molecule has 0 bridgehead atoms. The van der Waals surface area contributed by atoms with Gasteiger partial charge in [-0.05, 0) is 0 Å². The Morgan fingerprint density at radius 3 is 2.79 bits per heavy atom. The molecule has 14 heavy (non-hydrogen) atoms. The lowest BCUT2D eigenvalue weighted by atomic mass is 10.2. The van der Waals surface area contributed by atoms with Crippen LogP contribution in [0.15, 0.2) is 20.3 Å².